The van der Waals surface area contributed by atoms with E-state index in [1.807, 2.05) is 0 Å². The molecule has 1 aromatic rings. The minimum Gasteiger partial charge on any atom is -0.323 e. The highest BCUT2D eigenvalue weighted by atomic mass is 32.1. The molecule has 0 aliphatic heterocycles. The molecule has 0 spiro atoms. The summed E-state index contributed by atoms with van der Waals surface area (Å²) in [5.41, 5.74) is 6.23. The van der Waals surface area contributed by atoms with Gasteiger partial charge >= 0.3 is 6.18 Å². The van der Waals surface area contributed by atoms with Crippen LogP contribution in [0.1, 0.15) is 49.0 Å². The van der Waals surface area contributed by atoms with E-state index in [2.05, 4.69) is 18.8 Å². The molecule has 1 aromatic heterocycles. The smallest absolute Gasteiger partial charge is 0.323 e. The average Bonchev–Trinajstić information content (AvgIpc) is 2.81. The number of nitrogens with two attached hydrogens (primary N) is 1. The number of alkyl halides is 3. The molecular formula is C12H17F3N2S. The molecule has 0 amide bonds. The van der Waals surface area contributed by atoms with Crippen molar-refractivity contribution in [2.24, 2.45) is 17.1 Å². The maximum atomic E-state index is 12.5. The van der Waals surface area contributed by atoms with Gasteiger partial charge in [-0.15, -0.1) is 11.3 Å². The molecule has 2 N–H and O–H groups in total. The molecule has 1 fully saturated rings. The molecule has 1 saturated carbocycles. The molecule has 2 unspecified atom stereocenters. The topological polar surface area (TPSA) is 38.9 Å². The van der Waals surface area contributed by atoms with Gasteiger partial charge in [-0.2, -0.15) is 13.2 Å². The van der Waals surface area contributed by atoms with Crippen molar-refractivity contribution in [1.29, 1.82) is 0 Å². The minimum atomic E-state index is -4.37. The first kappa shape index (κ1) is 13.8. The Labute approximate surface area is 108 Å². The Morgan fingerprint density at radius 2 is 2.17 bits per heavy atom. The fourth-order valence-corrected chi connectivity index (χ4v) is 3.64. The van der Waals surface area contributed by atoms with Crippen LogP contribution < -0.4 is 5.73 Å². The molecule has 18 heavy (non-hydrogen) atoms. The van der Waals surface area contributed by atoms with Crippen molar-refractivity contribution >= 4 is 11.3 Å². The molecule has 2 rings (SSSR count). The Kier molecular flexibility index (Phi) is 3.44. The minimum absolute atomic E-state index is 0.0990. The largest absolute Gasteiger partial charge is 0.443 e. The molecule has 1 aliphatic carbocycles. The molecule has 6 heteroatoms. The maximum absolute atomic E-state index is 12.5. The van der Waals surface area contributed by atoms with Crippen LogP contribution in [-0.2, 0) is 6.18 Å². The number of nitrogens with zero attached hydrogens (tertiary/aromatic N) is 1. The summed E-state index contributed by atoms with van der Waals surface area (Å²) in [6.45, 7) is 4.27. The maximum Gasteiger partial charge on any atom is 0.443 e. The van der Waals surface area contributed by atoms with Crippen molar-refractivity contribution < 1.29 is 13.2 Å². The van der Waals surface area contributed by atoms with Crippen molar-refractivity contribution in [1.82, 2.24) is 4.98 Å². The average molecular weight is 278 g/mol. The van der Waals surface area contributed by atoms with Crippen LogP contribution in [0, 0.1) is 11.3 Å². The monoisotopic (exact) mass is 278 g/mol. The summed E-state index contributed by atoms with van der Waals surface area (Å²) in [7, 11) is 0. The van der Waals surface area contributed by atoms with Gasteiger partial charge in [0.2, 0.25) is 0 Å². The molecule has 2 atom stereocenters. The Balaban J connectivity index is 2.19. The summed E-state index contributed by atoms with van der Waals surface area (Å²) < 4.78 is 37.5. The number of hydrogen-bond donors (Lipinski definition) is 1. The molecule has 0 radical (unpaired) electrons. The van der Waals surface area contributed by atoms with Crippen LogP contribution in [0.5, 0.6) is 0 Å². The lowest BCUT2D eigenvalue weighted by atomic mass is 9.77. The number of rotatable bonds is 2. The van der Waals surface area contributed by atoms with Crippen LogP contribution in [0.15, 0.2) is 6.20 Å². The quantitative estimate of drug-likeness (QED) is 0.888. The van der Waals surface area contributed by atoms with E-state index in [9.17, 15) is 13.2 Å². The van der Waals surface area contributed by atoms with Gasteiger partial charge < -0.3 is 5.73 Å². The number of aromatic nitrogens is 1. The van der Waals surface area contributed by atoms with Gasteiger partial charge in [0.1, 0.15) is 0 Å². The van der Waals surface area contributed by atoms with E-state index in [4.69, 9.17) is 5.73 Å². The number of hydrogen-bond acceptors (Lipinski definition) is 3. The molecule has 0 bridgehead atoms. The summed E-state index contributed by atoms with van der Waals surface area (Å²) in [6.07, 6.45) is 0.0698. The molecule has 0 saturated heterocycles. The zero-order valence-corrected chi connectivity index (χ0v) is 11.2. The summed E-state index contributed by atoms with van der Waals surface area (Å²) in [4.78, 5) is 3.99. The van der Waals surface area contributed by atoms with Crippen LogP contribution >= 0.6 is 11.3 Å². The van der Waals surface area contributed by atoms with E-state index in [-0.39, 0.29) is 17.4 Å². The Morgan fingerprint density at radius 3 is 2.61 bits per heavy atom. The summed E-state index contributed by atoms with van der Waals surface area (Å²) in [5, 5.41) is -0.802. The summed E-state index contributed by atoms with van der Waals surface area (Å²) in [6, 6.07) is -0.337. The Bertz CT molecular complexity index is 425. The van der Waals surface area contributed by atoms with Gasteiger partial charge in [0.05, 0.1) is 0 Å². The van der Waals surface area contributed by atoms with Crippen LogP contribution in [-0.4, -0.2) is 4.98 Å². The highest BCUT2D eigenvalue weighted by molar-refractivity contribution is 7.11. The van der Waals surface area contributed by atoms with E-state index in [0.29, 0.717) is 16.2 Å². The first-order valence-electron chi connectivity index (χ1n) is 6.00. The Hall–Kier alpha value is -0.620. The van der Waals surface area contributed by atoms with E-state index < -0.39 is 11.2 Å². The van der Waals surface area contributed by atoms with Gasteiger partial charge in [0.25, 0.3) is 0 Å². The van der Waals surface area contributed by atoms with Gasteiger partial charge in [-0.1, -0.05) is 20.3 Å². The number of halogens is 3. The zero-order valence-electron chi connectivity index (χ0n) is 10.4. The highest BCUT2D eigenvalue weighted by Crippen LogP contribution is 2.49. The Morgan fingerprint density at radius 1 is 1.50 bits per heavy atom. The van der Waals surface area contributed by atoms with Gasteiger partial charge in [-0.3, -0.25) is 0 Å². The van der Waals surface area contributed by atoms with E-state index >= 15 is 0 Å². The molecule has 2 nitrogen and oxygen atoms in total. The van der Waals surface area contributed by atoms with Crippen molar-refractivity contribution in [3.63, 3.8) is 0 Å². The predicted octanol–water partition coefficient (Wildman–Crippen LogP) is 3.99. The van der Waals surface area contributed by atoms with Crippen LogP contribution in [0.2, 0.25) is 0 Å². The molecular weight excluding hydrogens is 261 g/mol. The predicted molar refractivity (Wildman–Crippen MR) is 65.2 cm³/mol. The lowest BCUT2D eigenvalue weighted by Crippen LogP contribution is -2.29. The molecule has 1 heterocycles. The van der Waals surface area contributed by atoms with E-state index in [1.54, 1.807) is 0 Å². The first-order valence-corrected chi connectivity index (χ1v) is 6.82. The van der Waals surface area contributed by atoms with Gasteiger partial charge in [0, 0.05) is 17.1 Å². The van der Waals surface area contributed by atoms with Crippen molar-refractivity contribution in [2.75, 3.05) is 0 Å². The molecule has 1 aliphatic rings. The third-order valence-corrected chi connectivity index (χ3v) is 5.01. The second-order valence-electron chi connectivity index (χ2n) is 5.58. The fraction of sp³-hybridized carbons (Fsp3) is 0.750. The third kappa shape index (κ3) is 2.54. The standard InChI is InChI=1S/C12H17F3N2S/c1-11(2)5-3-4-7(11)9(16)8-6-17-10(18-8)12(13,14)15/h6-7,9H,3-5,16H2,1-2H3. The summed E-state index contributed by atoms with van der Waals surface area (Å²) >= 11 is 0.674. The normalized spacial score (nSPS) is 25.3. The van der Waals surface area contributed by atoms with Crippen LogP contribution in [0.25, 0.3) is 0 Å². The van der Waals surface area contributed by atoms with Crippen molar-refractivity contribution in [2.45, 2.75) is 45.3 Å². The van der Waals surface area contributed by atoms with Gasteiger partial charge in [0.15, 0.2) is 5.01 Å². The molecule has 102 valence electrons. The van der Waals surface area contributed by atoms with E-state index in [0.717, 1.165) is 19.3 Å². The van der Waals surface area contributed by atoms with E-state index in [1.165, 1.54) is 6.20 Å². The van der Waals surface area contributed by atoms with Crippen LogP contribution in [0.4, 0.5) is 13.2 Å². The van der Waals surface area contributed by atoms with Crippen LogP contribution in [0.3, 0.4) is 0 Å². The van der Waals surface area contributed by atoms with Gasteiger partial charge in [-0.05, 0) is 24.2 Å². The van der Waals surface area contributed by atoms with Crippen molar-refractivity contribution in [3.8, 4) is 0 Å². The molecule has 0 aromatic carbocycles. The van der Waals surface area contributed by atoms with Gasteiger partial charge in [-0.25, -0.2) is 4.98 Å². The lowest BCUT2D eigenvalue weighted by molar-refractivity contribution is -0.137. The van der Waals surface area contributed by atoms with Crippen molar-refractivity contribution in [3.05, 3.63) is 16.1 Å². The SMILES string of the molecule is CC1(C)CCCC1C(N)c1cnc(C(F)(F)F)s1. The second kappa shape index (κ2) is 4.49. The highest BCUT2D eigenvalue weighted by Gasteiger charge is 2.41. The zero-order chi connectivity index (χ0) is 13.6. The first-order chi connectivity index (χ1) is 8.22. The second-order valence-corrected chi connectivity index (χ2v) is 6.64. The fourth-order valence-electron chi connectivity index (χ4n) is 2.79. The summed E-state index contributed by atoms with van der Waals surface area (Å²) in [5.74, 6) is 0.235. The third-order valence-electron chi connectivity index (χ3n) is 3.87. The lowest BCUT2D eigenvalue weighted by Gasteiger charge is -2.31. The number of thiazole rings is 1.